The fraction of sp³-hybridized carbons (Fsp3) is 0.348. The average Bonchev–Trinajstić information content (AvgIpc) is 3.23. The molecule has 1 saturated carbocycles. The van der Waals surface area contributed by atoms with Gasteiger partial charge in [0.25, 0.3) is 11.8 Å². The summed E-state index contributed by atoms with van der Waals surface area (Å²) in [7, 11) is 0. The Balaban J connectivity index is 1.68. The number of fused-ring (bicyclic) bond motifs is 1. The first-order chi connectivity index (χ1) is 14.7. The third kappa shape index (κ3) is 3.97. The number of carbonyl (C=O) groups is 2. The van der Waals surface area contributed by atoms with Gasteiger partial charge in [0.15, 0.2) is 0 Å². The normalized spacial score (nSPS) is 20.0. The van der Waals surface area contributed by atoms with Crippen molar-refractivity contribution in [2.75, 3.05) is 10.6 Å². The molecule has 2 atom stereocenters. The number of benzene rings is 1. The molecule has 2 aromatic heterocycles. The summed E-state index contributed by atoms with van der Waals surface area (Å²) in [6.07, 6.45) is 5.29. The van der Waals surface area contributed by atoms with E-state index in [1.54, 1.807) is 41.0 Å². The molecule has 0 spiro atoms. The number of nitrogens with zero attached hydrogens (tertiary/aromatic N) is 2. The monoisotopic (exact) mass is 439 g/mol. The van der Waals surface area contributed by atoms with Crippen molar-refractivity contribution in [3.8, 4) is 0 Å². The summed E-state index contributed by atoms with van der Waals surface area (Å²) in [6, 6.07) is 8.63. The second-order valence-electron chi connectivity index (χ2n) is 8.81. The van der Waals surface area contributed by atoms with Gasteiger partial charge in [0.1, 0.15) is 0 Å². The molecule has 162 valence electrons. The predicted octanol–water partition coefficient (Wildman–Crippen LogP) is 4.58. The van der Waals surface area contributed by atoms with Crippen LogP contribution >= 0.6 is 11.6 Å². The summed E-state index contributed by atoms with van der Waals surface area (Å²) >= 11 is 5.90. The standard InChI is InChI=1S/C23H26ClN5O2/c1-13-4-9-19(23(13,2)3)28-20-17(21(25)30)11-26-29-12-16(10-18(20)29)27-22(31)14-5-7-15(24)8-6-14/h5-8,10-13,19,28H,4,9H2,1-3H3,(H2,25,30)(H,27,31)/t13-,19+/m0/s1. The highest BCUT2D eigenvalue weighted by Crippen LogP contribution is 2.44. The van der Waals surface area contributed by atoms with Gasteiger partial charge in [-0.2, -0.15) is 5.10 Å². The van der Waals surface area contributed by atoms with Gasteiger partial charge >= 0.3 is 0 Å². The van der Waals surface area contributed by atoms with Crippen molar-refractivity contribution in [3.05, 3.63) is 58.9 Å². The van der Waals surface area contributed by atoms with Crippen LogP contribution in [0.3, 0.4) is 0 Å². The fourth-order valence-corrected chi connectivity index (χ4v) is 4.33. The van der Waals surface area contributed by atoms with E-state index in [4.69, 9.17) is 17.3 Å². The van der Waals surface area contributed by atoms with E-state index in [2.05, 4.69) is 36.5 Å². The van der Waals surface area contributed by atoms with E-state index >= 15 is 0 Å². The molecule has 0 radical (unpaired) electrons. The molecule has 31 heavy (non-hydrogen) atoms. The van der Waals surface area contributed by atoms with Gasteiger partial charge in [0.05, 0.1) is 34.8 Å². The molecule has 0 unspecified atom stereocenters. The first kappa shape index (κ1) is 21.2. The minimum absolute atomic E-state index is 0.0629. The number of primary amides is 1. The average molecular weight is 440 g/mol. The molecule has 4 rings (SSSR count). The van der Waals surface area contributed by atoms with Gasteiger partial charge in [0.2, 0.25) is 0 Å². The van der Waals surface area contributed by atoms with Crippen LogP contribution in [0.2, 0.25) is 5.02 Å². The van der Waals surface area contributed by atoms with Crippen LogP contribution in [0.25, 0.3) is 5.52 Å². The third-order valence-electron chi connectivity index (χ3n) is 6.64. The first-order valence-electron chi connectivity index (χ1n) is 10.3. The maximum Gasteiger partial charge on any atom is 0.255 e. The van der Waals surface area contributed by atoms with E-state index in [0.717, 1.165) is 12.8 Å². The number of nitrogens with one attached hydrogen (secondary N) is 2. The van der Waals surface area contributed by atoms with Gasteiger partial charge in [0, 0.05) is 16.6 Å². The van der Waals surface area contributed by atoms with Crippen LogP contribution in [-0.2, 0) is 0 Å². The highest BCUT2D eigenvalue weighted by molar-refractivity contribution is 6.30. The quantitative estimate of drug-likeness (QED) is 0.541. The lowest BCUT2D eigenvalue weighted by Gasteiger charge is -2.33. The summed E-state index contributed by atoms with van der Waals surface area (Å²) < 4.78 is 1.64. The Morgan fingerprint density at radius 1 is 1.23 bits per heavy atom. The van der Waals surface area contributed by atoms with E-state index in [9.17, 15) is 9.59 Å². The van der Waals surface area contributed by atoms with Crippen LogP contribution < -0.4 is 16.4 Å². The first-order valence-corrected chi connectivity index (χ1v) is 10.7. The van der Waals surface area contributed by atoms with Crippen molar-refractivity contribution in [1.82, 2.24) is 9.61 Å². The van der Waals surface area contributed by atoms with E-state index in [1.807, 2.05) is 0 Å². The summed E-state index contributed by atoms with van der Waals surface area (Å²) in [5, 5.41) is 11.3. The summed E-state index contributed by atoms with van der Waals surface area (Å²) in [5.41, 5.74) is 8.41. The van der Waals surface area contributed by atoms with Crippen molar-refractivity contribution in [2.24, 2.45) is 17.1 Å². The second kappa shape index (κ2) is 7.89. The van der Waals surface area contributed by atoms with Crippen LogP contribution in [0.1, 0.15) is 54.3 Å². The number of hydrogen-bond donors (Lipinski definition) is 3. The zero-order valence-electron chi connectivity index (χ0n) is 17.8. The van der Waals surface area contributed by atoms with E-state index in [0.29, 0.717) is 39.0 Å². The van der Waals surface area contributed by atoms with Crippen LogP contribution in [-0.4, -0.2) is 27.5 Å². The zero-order valence-corrected chi connectivity index (χ0v) is 18.5. The number of anilines is 2. The molecule has 1 aliphatic carbocycles. The van der Waals surface area contributed by atoms with Crippen molar-refractivity contribution in [3.63, 3.8) is 0 Å². The summed E-state index contributed by atoms with van der Waals surface area (Å²) in [5.74, 6) is -0.252. The fourth-order valence-electron chi connectivity index (χ4n) is 4.20. The van der Waals surface area contributed by atoms with E-state index in [-0.39, 0.29) is 17.4 Å². The molecule has 3 aromatic rings. The summed E-state index contributed by atoms with van der Waals surface area (Å²) in [4.78, 5) is 24.7. The van der Waals surface area contributed by atoms with Gasteiger partial charge < -0.3 is 16.4 Å². The molecule has 2 amide bonds. The molecule has 1 fully saturated rings. The number of carbonyl (C=O) groups excluding carboxylic acids is 2. The van der Waals surface area contributed by atoms with Crippen molar-refractivity contribution in [2.45, 2.75) is 39.7 Å². The number of nitrogens with two attached hydrogens (primary N) is 1. The Hall–Kier alpha value is -3.06. The molecule has 1 aliphatic rings. The predicted molar refractivity (Wildman–Crippen MR) is 123 cm³/mol. The van der Waals surface area contributed by atoms with Crippen LogP contribution in [0.4, 0.5) is 11.4 Å². The smallest absolute Gasteiger partial charge is 0.255 e. The molecule has 0 saturated heterocycles. The van der Waals surface area contributed by atoms with Gasteiger partial charge in [-0.15, -0.1) is 0 Å². The highest BCUT2D eigenvalue weighted by Gasteiger charge is 2.41. The number of hydrogen-bond acceptors (Lipinski definition) is 4. The van der Waals surface area contributed by atoms with Gasteiger partial charge in [-0.25, -0.2) is 4.52 Å². The molecule has 0 bridgehead atoms. The third-order valence-corrected chi connectivity index (χ3v) is 6.89. The Kier molecular flexibility index (Phi) is 5.39. The molecule has 0 aliphatic heterocycles. The number of halogens is 1. The minimum atomic E-state index is -0.547. The highest BCUT2D eigenvalue weighted by atomic mass is 35.5. The van der Waals surface area contributed by atoms with E-state index in [1.165, 1.54) is 6.20 Å². The molecule has 4 N–H and O–H groups in total. The summed E-state index contributed by atoms with van der Waals surface area (Å²) in [6.45, 7) is 6.72. The number of amides is 2. The zero-order chi connectivity index (χ0) is 22.3. The Morgan fingerprint density at radius 3 is 2.55 bits per heavy atom. The Morgan fingerprint density at radius 2 is 1.94 bits per heavy atom. The maximum atomic E-state index is 12.6. The SMILES string of the molecule is C[C@H]1CC[C@@H](Nc2c(C(N)=O)cnn3cc(NC(=O)c4ccc(Cl)cc4)cc23)C1(C)C. The molecular formula is C23H26ClN5O2. The van der Waals surface area contributed by atoms with Crippen LogP contribution in [0.15, 0.2) is 42.7 Å². The second-order valence-corrected chi connectivity index (χ2v) is 9.25. The van der Waals surface area contributed by atoms with Crippen molar-refractivity contribution < 1.29 is 9.59 Å². The van der Waals surface area contributed by atoms with Crippen LogP contribution in [0.5, 0.6) is 0 Å². The molecule has 1 aromatic carbocycles. The lowest BCUT2D eigenvalue weighted by Crippen LogP contribution is -2.35. The molecule has 8 heteroatoms. The largest absolute Gasteiger partial charge is 0.379 e. The van der Waals surface area contributed by atoms with Crippen molar-refractivity contribution in [1.29, 1.82) is 0 Å². The molecule has 7 nitrogen and oxygen atoms in total. The van der Waals surface area contributed by atoms with E-state index < -0.39 is 5.91 Å². The minimum Gasteiger partial charge on any atom is -0.379 e. The molecular weight excluding hydrogens is 414 g/mol. The Bertz CT molecular complexity index is 1150. The lowest BCUT2D eigenvalue weighted by molar-refractivity contribution is 0.0997. The molecule has 2 heterocycles. The lowest BCUT2D eigenvalue weighted by atomic mass is 9.80. The van der Waals surface area contributed by atoms with Gasteiger partial charge in [-0.3, -0.25) is 9.59 Å². The topological polar surface area (TPSA) is 102 Å². The van der Waals surface area contributed by atoms with Crippen LogP contribution in [0, 0.1) is 11.3 Å². The Labute approximate surface area is 186 Å². The number of rotatable bonds is 5. The van der Waals surface area contributed by atoms with Gasteiger partial charge in [-0.05, 0) is 54.5 Å². The van der Waals surface area contributed by atoms with Gasteiger partial charge in [-0.1, -0.05) is 32.4 Å². The van der Waals surface area contributed by atoms with Crippen molar-refractivity contribution >= 4 is 40.3 Å². The number of aromatic nitrogens is 2. The maximum absolute atomic E-state index is 12.6.